The van der Waals surface area contributed by atoms with E-state index in [-0.39, 0.29) is 5.91 Å². The van der Waals surface area contributed by atoms with Crippen molar-refractivity contribution in [2.75, 3.05) is 16.3 Å². The number of anilines is 2. The van der Waals surface area contributed by atoms with Crippen LogP contribution in [-0.2, 0) is 10.0 Å². The van der Waals surface area contributed by atoms with Gasteiger partial charge in [0.1, 0.15) is 5.03 Å². The van der Waals surface area contributed by atoms with Crippen molar-refractivity contribution in [2.45, 2.75) is 9.92 Å². The summed E-state index contributed by atoms with van der Waals surface area (Å²) in [6, 6.07) is 19.5. The van der Waals surface area contributed by atoms with Crippen molar-refractivity contribution in [3.63, 3.8) is 0 Å². The largest absolute Gasteiger partial charge is 0.322 e. The van der Waals surface area contributed by atoms with Crippen LogP contribution in [0.3, 0.4) is 0 Å². The number of aromatic nitrogens is 1. The molecule has 0 saturated heterocycles. The third-order valence-electron chi connectivity index (χ3n) is 3.42. The van der Waals surface area contributed by atoms with E-state index >= 15 is 0 Å². The lowest BCUT2D eigenvalue weighted by Gasteiger charge is -2.10. The molecule has 3 rings (SSSR count). The van der Waals surface area contributed by atoms with E-state index in [4.69, 9.17) is 0 Å². The van der Waals surface area contributed by atoms with Crippen LogP contribution in [0.2, 0.25) is 0 Å². The molecule has 1 aromatic heterocycles. The number of carbonyl (C=O) groups excluding carboxylic acids is 1. The Bertz CT molecular complexity index is 1040. The molecule has 0 saturated carbocycles. The van der Waals surface area contributed by atoms with Gasteiger partial charge in [-0.3, -0.25) is 9.52 Å². The monoisotopic (exact) mass is 399 g/mol. The van der Waals surface area contributed by atoms with Gasteiger partial charge in [0, 0.05) is 22.5 Å². The van der Waals surface area contributed by atoms with Gasteiger partial charge in [-0.25, -0.2) is 13.4 Å². The van der Waals surface area contributed by atoms with E-state index in [1.54, 1.807) is 42.6 Å². The van der Waals surface area contributed by atoms with Crippen molar-refractivity contribution in [1.29, 1.82) is 0 Å². The molecule has 0 aliphatic rings. The van der Waals surface area contributed by atoms with Gasteiger partial charge in [-0.05, 0) is 48.5 Å². The summed E-state index contributed by atoms with van der Waals surface area (Å²) in [7, 11) is -3.34. The second-order valence-corrected chi connectivity index (χ2v) is 8.49. The van der Waals surface area contributed by atoms with E-state index in [1.165, 1.54) is 11.8 Å². The molecule has 0 unspecified atom stereocenters. The van der Waals surface area contributed by atoms with Crippen LogP contribution in [0.1, 0.15) is 10.4 Å². The highest BCUT2D eigenvalue weighted by Gasteiger charge is 2.14. The predicted molar refractivity (Wildman–Crippen MR) is 108 cm³/mol. The third kappa shape index (κ3) is 5.57. The van der Waals surface area contributed by atoms with Crippen LogP contribution in [0.4, 0.5) is 11.4 Å². The fourth-order valence-corrected chi connectivity index (χ4v) is 3.74. The molecule has 138 valence electrons. The summed E-state index contributed by atoms with van der Waals surface area (Å²) in [6.45, 7) is 0. The number of rotatable bonds is 6. The Morgan fingerprint density at radius 3 is 2.26 bits per heavy atom. The van der Waals surface area contributed by atoms with Crippen molar-refractivity contribution >= 4 is 39.1 Å². The number of hydrogen-bond acceptors (Lipinski definition) is 5. The summed E-state index contributed by atoms with van der Waals surface area (Å²) >= 11 is 1.41. The SMILES string of the molecule is CS(=O)(=O)Nc1ccc(NC(=O)c2cccnc2Sc2ccccc2)cc1. The lowest BCUT2D eigenvalue weighted by Crippen LogP contribution is -2.14. The van der Waals surface area contributed by atoms with Gasteiger partial charge in [0.2, 0.25) is 10.0 Å². The molecule has 0 bridgehead atoms. The van der Waals surface area contributed by atoms with Crippen LogP contribution >= 0.6 is 11.8 Å². The average Bonchev–Trinajstić information content (AvgIpc) is 2.63. The maximum atomic E-state index is 12.7. The zero-order valence-electron chi connectivity index (χ0n) is 14.4. The van der Waals surface area contributed by atoms with Crippen LogP contribution in [-0.4, -0.2) is 25.6 Å². The number of hydrogen-bond donors (Lipinski definition) is 2. The van der Waals surface area contributed by atoms with Crippen molar-refractivity contribution in [1.82, 2.24) is 4.98 Å². The molecule has 1 amide bonds. The maximum absolute atomic E-state index is 12.7. The first-order chi connectivity index (χ1) is 12.9. The maximum Gasteiger partial charge on any atom is 0.258 e. The second-order valence-electron chi connectivity index (χ2n) is 5.68. The number of pyridine rings is 1. The lowest BCUT2D eigenvalue weighted by molar-refractivity contribution is 0.102. The molecule has 0 aliphatic heterocycles. The molecule has 2 aromatic carbocycles. The highest BCUT2D eigenvalue weighted by molar-refractivity contribution is 7.99. The topological polar surface area (TPSA) is 88.2 Å². The first kappa shape index (κ1) is 18.9. The summed E-state index contributed by atoms with van der Waals surface area (Å²) in [5, 5.41) is 3.41. The molecule has 0 aliphatic carbocycles. The summed E-state index contributed by atoms with van der Waals surface area (Å²) in [4.78, 5) is 18.0. The van der Waals surface area contributed by atoms with Crippen LogP contribution in [0, 0.1) is 0 Å². The fraction of sp³-hybridized carbons (Fsp3) is 0.0526. The Morgan fingerprint density at radius 1 is 0.926 bits per heavy atom. The van der Waals surface area contributed by atoms with Gasteiger partial charge in [-0.2, -0.15) is 0 Å². The molecule has 0 atom stereocenters. The molecule has 6 nitrogen and oxygen atoms in total. The number of benzene rings is 2. The van der Waals surface area contributed by atoms with Crippen LogP contribution in [0.5, 0.6) is 0 Å². The number of nitrogens with zero attached hydrogens (tertiary/aromatic N) is 1. The van der Waals surface area contributed by atoms with Crippen molar-refractivity contribution in [3.8, 4) is 0 Å². The van der Waals surface area contributed by atoms with E-state index in [0.29, 0.717) is 22.0 Å². The standard InChI is InChI=1S/C19H17N3O3S2/c1-27(24,25)22-15-11-9-14(10-12-15)21-18(23)17-8-5-13-20-19(17)26-16-6-3-2-4-7-16/h2-13,22H,1H3,(H,21,23). The Hall–Kier alpha value is -2.84. The average molecular weight is 399 g/mol. The van der Waals surface area contributed by atoms with Gasteiger partial charge in [0.15, 0.2) is 0 Å². The zero-order valence-corrected chi connectivity index (χ0v) is 16.0. The molecule has 3 aromatic rings. The zero-order chi connectivity index (χ0) is 19.3. The van der Waals surface area contributed by atoms with Gasteiger partial charge in [0.25, 0.3) is 5.91 Å². The highest BCUT2D eigenvalue weighted by Crippen LogP contribution is 2.28. The summed E-state index contributed by atoms with van der Waals surface area (Å²) in [6.07, 6.45) is 2.73. The first-order valence-corrected chi connectivity index (χ1v) is 10.7. The van der Waals surface area contributed by atoms with Gasteiger partial charge in [-0.15, -0.1) is 0 Å². The number of nitrogens with one attached hydrogen (secondary N) is 2. The van der Waals surface area contributed by atoms with E-state index in [9.17, 15) is 13.2 Å². The van der Waals surface area contributed by atoms with Crippen LogP contribution in [0.15, 0.2) is 82.8 Å². The number of amides is 1. The number of carbonyl (C=O) groups is 1. The minimum atomic E-state index is -3.34. The highest BCUT2D eigenvalue weighted by atomic mass is 32.2. The molecule has 2 N–H and O–H groups in total. The minimum absolute atomic E-state index is 0.287. The van der Waals surface area contributed by atoms with Crippen molar-refractivity contribution in [2.24, 2.45) is 0 Å². The Morgan fingerprint density at radius 2 is 1.59 bits per heavy atom. The second kappa shape index (κ2) is 8.24. The van der Waals surface area contributed by atoms with E-state index in [0.717, 1.165) is 11.2 Å². The lowest BCUT2D eigenvalue weighted by atomic mass is 10.2. The molecular formula is C19H17N3O3S2. The van der Waals surface area contributed by atoms with Gasteiger partial charge in [0.05, 0.1) is 11.8 Å². The van der Waals surface area contributed by atoms with Gasteiger partial charge >= 0.3 is 0 Å². The Kier molecular flexibility index (Phi) is 5.78. The minimum Gasteiger partial charge on any atom is -0.322 e. The Labute approximate surface area is 162 Å². The molecule has 1 heterocycles. The van der Waals surface area contributed by atoms with E-state index < -0.39 is 10.0 Å². The van der Waals surface area contributed by atoms with Crippen molar-refractivity contribution in [3.05, 3.63) is 78.5 Å². The molecule has 8 heteroatoms. The Balaban J connectivity index is 1.75. The van der Waals surface area contributed by atoms with E-state index in [1.807, 2.05) is 30.3 Å². The molecule has 0 fully saturated rings. The summed E-state index contributed by atoms with van der Waals surface area (Å²) in [5.74, 6) is -0.287. The first-order valence-electron chi connectivity index (χ1n) is 7.98. The number of sulfonamides is 1. The third-order valence-corrected chi connectivity index (χ3v) is 5.05. The van der Waals surface area contributed by atoms with Crippen molar-refractivity contribution < 1.29 is 13.2 Å². The predicted octanol–water partition coefficient (Wildman–Crippen LogP) is 3.86. The van der Waals surface area contributed by atoms with Gasteiger partial charge in [-0.1, -0.05) is 30.0 Å². The molecule has 27 heavy (non-hydrogen) atoms. The normalized spacial score (nSPS) is 11.0. The summed E-state index contributed by atoms with van der Waals surface area (Å²) in [5.41, 5.74) is 1.44. The van der Waals surface area contributed by atoms with Gasteiger partial charge < -0.3 is 5.32 Å². The van der Waals surface area contributed by atoms with E-state index in [2.05, 4.69) is 15.0 Å². The smallest absolute Gasteiger partial charge is 0.258 e. The summed E-state index contributed by atoms with van der Waals surface area (Å²) < 4.78 is 24.9. The van der Waals surface area contributed by atoms with Crippen LogP contribution in [0.25, 0.3) is 0 Å². The molecule has 0 spiro atoms. The molecule has 0 radical (unpaired) electrons. The van der Waals surface area contributed by atoms with Crippen LogP contribution < -0.4 is 10.0 Å². The quantitative estimate of drug-likeness (QED) is 0.657. The molecular weight excluding hydrogens is 382 g/mol. The fourth-order valence-electron chi connectivity index (χ4n) is 2.28.